The Hall–Kier alpha value is -2.80. The van der Waals surface area contributed by atoms with E-state index < -0.39 is 17.7 Å². The summed E-state index contributed by atoms with van der Waals surface area (Å²) >= 11 is 5.92. The molecule has 27 heavy (non-hydrogen) atoms. The van der Waals surface area contributed by atoms with Crippen molar-refractivity contribution in [3.63, 3.8) is 0 Å². The van der Waals surface area contributed by atoms with Gasteiger partial charge in [0.25, 0.3) is 0 Å². The van der Waals surface area contributed by atoms with Crippen LogP contribution in [0.2, 0.25) is 5.02 Å². The van der Waals surface area contributed by atoms with Crippen molar-refractivity contribution in [2.75, 3.05) is 11.4 Å². The quantitative estimate of drug-likeness (QED) is 0.734. The highest BCUT2D eigenvalue weighted by atomic mass is 35.5. The Kier molecular flexibility index (Phi) is 6.28. The Morgan fingerprint density at radius 3 is 2.44 bits per heavy atom. The summed E-state index contributed by atoms with van der Waals surface area (Å²) in [5.74, 6) is -1.30. The van der Waals surface area contributed by atoms with E-state index in [-0.39, 0.29) is 22.9 Å². The zero-order chi connectivity index (χ0) is 20.2. The fourth-order valence-electron chi connectivity index (χ4n) is 2.30. The smallest absolute Gasteiger partial charge is 0.416 e. The Bertz CT molecular complexity index is 894. The number of halogens is 4. The normalized spacial score (nSPS) is 11.6. The van der Waals surface area contributed by atoms with E-state index in [4.69, 9.17) is 16.7 Å². The van der Waals surface area contributed by atoms with Crippen LogP contribution in [0.3, 0.4) is 0 Å². The first-order valence-corrected chi connectivity index (χ1v) is 8.10. The standard InChI is InChI=1S/C19H15ClF3NO3/c1-12(25)11-24(16-4-2-3-14(9-16)18(26)27)8-7-13-5-6-15(10-17(13)20)19(21,22)23/h2-10H,11H2,1H3,(H,26,27). The van der Waals surface area contributed by atoms with Gasteiger partial charge in [-0.25, -0.2) is 4.79 Å². The van der Waals surface area contributed by atoms with Crippen molar-refractivity contribution in [2.45, 2.75) is 13.1 Å². The molecular formula is C19H15ClF3NO3. The third kappa shape index (κ3) is 5.59. The summed E-state index contributed by atoms with van der Waals surface area (Å²) in [5.41, 5.74) is -0.0431. The van der Waals surface area contributed by atoms with Crippen LogP contribution in [-0.4, -0.2) is 23.4 Å². The minimum absolute atomic E-state index is 0.0435. The van der Waals surface area contributed by atoms with Crippen LogP contribution in [-0.2, 0) is 11.0 Å². The summed E-state index contributed by atoms with van der Waals surface area (Å²) < 4.78 is 38.1. The molecule has 0 aliphatic rings. The fraction of sp³-hybridized carbons (Fsp3) is 0.158. The van der Waals surface area contributed by atoms with E-state index in [0.717, 1.165) is 12.1 Å². The van der Waals surface area contributed by atoms with E-state index in [2.05, 4.69) is 0 Å². The second-order valence-corrected chi connectivity index (χ2v) is 6.14. The van der Waals surface area contributed by atoms with Gasteiger partial charge in [0, 0.05) is 16.9 Å². The van der Waals surface area contributed by atoms with Crippen molar-refractivity contribution in [1.29, 1.82) is 0 Å². The van der Waals surface area contributed by atoms with E-state index in [1.54, 1.807) is 6.07 Å². The molecule has 8 heteroatoms. The number of carbonyl (C=O) groups excluding carboxylic acids is 1. The Balaban J connectivity index is 2.35. The van der Waals surface area contributed by atoms with Gasteiger partial charge < -0.3 is 10.0 Å². The molecule has 0 aliphatic heterocycles. The maximum Gasteiger partial charge on any atom is 0.416 e. The molecule has 0 fully saturated rings. The lowest BCUT2D eigenvalue weighted by atomic mass is 10.1. The van der Waals surface area contributed by atoms with Gasteiger partial charge in [-0.15, -0.1) is 0 Å². The number of ketones is 1. The molecule has 0 saturated heterocycles. The predicted octanol–water partition coefficient (Wildman–Crippen LogP) is 5.12. The number of benzene rings is 2. The van der Waals surface area contributed by atoms with Gasteiger partial charge in [-0.2, -0.15) is 13.2 Å². The number of anilines is 1. The van der Waals surface area contributed by atoms with Crippen molar-refractivity contribution in [2.24, 2.45) is 0 Å². The molecule has 0 amide bonds. The number of hydrogen-bond acceptors (Lipinski definition) is 3. The Morgan fingerprint density at radius 2 is 1.89 bits per heavy atom. The molecule has 2 aromatic carbocycles. The lowest BCUT2D eigenvalue weighted by Gasteiger charge is -2.19. The summed E-state index contributed by atoms with van der Waals surface area (Å²) in [5, 5.41) is 9.00. The van der Waals surface area contributed by atoms with Gasteiger partial charge in [-0.1, -0.05) is 23.7 Å². The average Bonchev–Trinajstić information content (AvgIpc) is 2.58. The highest BCUT2D eigenvalue weighted by Crippen LogP contribution is 2.32. The van der Waals surface area contributed by atoms with Crippen LogP contribution in [0.4, 0.5) is 18.9 Å². The molecule has 0 spiro atoms. The maximum atomic E-state index is 12.7. The van der Waals surface area contributed by atoms with Crippen LogP contribution in [0.15, 0.2) is 48.7 Å². The van der Waals surface area contributed by atoms with Crippen LogP contribution in [0.25, 0.3) is 6.08 Å². The van der Waals surface area contributed by atoms with Crippen molar-refractivity contribution in [3.05, 3.63) is 70.4 Å². The molecule has 0 saturated carbocycles. The summed E-state index contributed by atoms with van der Waals surface area (Å²) in [6.07, 6.45) is -1.57. The highest BCUT2D eigenvalue weighted by Gasteiger charge is 2.30. The number of carboxylic acids is 1. The van der Waals surface area contributed by atoms with E-state index in [9.17, 15) is 22.8 Å². The number of rotatable bonds is 6. The Morgan fingerprint density at radius 1 is 1.19 bits per heavy atom. The molecule has 4 nitrogen and oxygen atoms in total. The molecule has 0 aromatic heterocycles. The molecule has 0 aliphatic carbocycles. The van der Waals surface area contributed by atoms with Gasteiger partial charge >= 0.3 is 12.1 Å². The van der Waals surface area contributed by atoms with E-state index in [1.165, 1.54) is 48.4 Å². The van der Waals surface area contributed by atoms with Crippen molar-refractivity contribution in [3.8, 4) is 0 Å². The topological polar surface area (TPSA) is 57.6 Å². The van der Waals surface area contributed by atoms with Gasteiger partial charge in [0.2, 0.25) is 0 Å². The molecule has 2 aromatic rings. The summed E-state index contributed by atoms with van der Waals surface area (Å²) in [7, 11) is 0. The maximum absolute atomic E-state index is 12.7. The van der Waals surface area contributed by atoms with Crippen LogP contribution in [0.5, 0.6) is 0 Å². The molecule has 0 bridgehead atoms. The van der Waals surface area contributed by atoms with Gasteiger partial charge in [0.15, 0.2) is 0 Å². The number of carbonyl (C=O) groups is 2. The largest absolute Gasteiger partial charge is 0.478 e. The highest BCUT2D eigenvalue weighted by molar-refractivity contribution is 6.32. The van der Waals surface area contributed by atoms with Gasteiger partial charge in [-0.05, 0) is 48.9 Å². The van der Waals surface area contributed by atoms with Crippen LogP contribution < -0.4 is 4.90 Å². The average molecular weight is 398 g/mol. The number of hydrogen-bond donors (Lipinski definition) is 1. The second kappa shape index (κ2) is 8.26. The molecule has 0 unspecified atom stereocenters. The molecule has 142 valence electrons. The third-order valence-electron chi connectivity index (χ3n) is 3.58. The molecular weight excluding hydrogens is 383 g/mol. The molecule has 0 heterocycles. The van der Waals surface area contributed by atoms with Crippen molar-refractivity contribution >= 4 is 35.1 Å². The zero-order valence-corrected chi connectivity index (χ0v) is 14.9. The lowest BCUT2D eigenvalue weighted by molar-refractivity contribution is -0.137. The Labute approximate surface area is 158 Å². The minimum atomic E-state index is -4.50. The monoisotopic (exact) mass is 397 g/mol. The first-order chi connectivity index (χ1) is 12.6. The lowest BCUT2D eigenvalue weighted by Crippen LogP contribution is -2.23. The van der Waals surface area contributed by atoms with Crippen LogP contribution in [0, 0.1) is 0 Å². The minimum Gasteiger partial charge on any atom is -0.478 e. The molecule has 0 atom stereocenters. The zero-order valence-electron chi connectivity index (χ0n) is 14.1. The SMILES string of the molecule is CC(=O)CN(C=Cc1ccc(C(F)(F)F)cc1Cl)c1cccc(C(=O)O)c1. The van der Waals surface area contributed by atoms with E-state index in [0.29, 0.717) is 11.3 Å². The molecule has 0 radical (unpaired) electrons. The first-order valence-electron chi connectivity index (χ1n) is 7.72. The number of Topliss-reactive ketones (excluding diaryl/α,β-unsaturated/α-hetero) is 1. The number of aromatic carboxylic acids is 1. The van der Waals surface area contributed by atoms with Crippen molar-refractivity contribution in [1.82, 2.24) is 0 Å². The van der Waals surface area contributed by atoms with Gasteiger partial charge in [0.05, 0.1) is 17.7 Å². The third-order valence-corrected chi connectivity index (χ3v) is 3.91. The number of carboxylic acid groups (broad SMARTS) is 1. The molecule has 1 N–H and O–H groups in total. The van der Waals surface area contributed by atoms with Crippen molar-refractivity contribution < 1.29 is 27.9 Å². The van der Waals surface area contributed by atoms with Crippen LogP contribution >= 0.6 is 11.6 Å². The van der Waals surface area contributed by atoms with E-state index in [1.807, 2.05) is 0 Å². The first kappa shape index (κ1) is 20.5. The summed E-state index contributed by atoms with van der Waals surface area (Å²) in [6, 6.07) is 8.91. The molecule has 2 rings (SSSR count). The fourth-order valence-corrected chi connectivity index (χ4v) is 2.54. The number of nitrogens with zero attached hydrogens (tertiary/aromatic N) is 1. The summed E-state index contributed by atoms with van der Waals surface area (Å²) in [4.78, 5) is 24.1. The van der Waals surface area contributed by atoms with Gasteiger partial charge in [-0.3, -0.25) is 4.79 Å². The predicted molar refractivity (Wildman–Crippen MR) is 96.9 cm³/mol. The van der Waals surface area contributed by atoms with Gasteiger partial charge in [0.1, 0.15) is 5.78 Å². The number of alkyl halides is 3. The second-order valence-electron chi connectivity index (χ2n) is 5.74. The summed E-state index contributed by atoms with van der Waals surface area (Å²) in [6.45, 7) is 1.32. The van der Waals surface area contributed by atoms with E-state index >= 15 is 0 Å². The van der Waals surface area contributed by atoms with Crippen LogP contribution in [0.1, 0.15) is 28.4 Å².